The van der Waals surface area contributed by atoms with Gasteiger partial charge in [-0.15, -0.1) is 0 Å². The number of hydrogen-bond donors (Lipinski definition) is 1. The lowest BCUT2D eigenvalue weighted by atomic mass is 10.1. The van der Waals surface area contributed by atoms with Crippen molar-refractivity contribution in [3.05, 3.63) is 84.0 Å². The average molecular weight is 428 g/mol. The Hall–Kier alpha value is -4.34. The fourth-order valence-electron chi connectivity index (χ4n) is 2.43. The van der Waals surface area contributed by atoms with Crippen LogP contribution in [-0.4, -0.2) is 48.0 Å². The summed E-state index contributed by atoms with van der Waals surface area (Å²) in [5.41, 5.74) is 0.0731. The average Bonchev–Trinajstić information content (AvgIpc) is 3.29. The van der Waals surface area contributed by atoms with Gasteiger partial charge in [-0.05, 0) is 24.3 Å². The first-order valence-corrected chi connectivity index (χ1v) is 8.87. The molecule has 0 amide bonds. The Balaban J connectivity index is 1.85. The van der Waals surface area contributed by atoms with Crippen molar-refractivity contribution in [1.82, 2.24) is 0 Å². The molecule has 3 rings (SSSR count). The standard InChI is InChI=1S/C21H16O10/c22-18(23)16(30-19(24)13-7-3-1-4-8-13)17(21(26)29-15-11-27-12-28-15)31-20(25)14-9-5-2-6-10-14/h1-11,16-17H,12H2,(H,22,23)/t16-,17-/m1/s1. The van der Waals surface area contributed by atoms with Crippen molar-refractivity contribution in [3.63, 3.8) is 0 Å². The maximum Gasteiger partial charge on any atom is 0.359 e. The molecule has 0 fully saturated rings. The molecule has 10 heteroatoms. The number of rotatable bonds is 8. The van der Waals surface area contributed by atoms with Crippen molar-refractivity contribution in [2.24, 2.45) is 0 Å². The maximum atomic E-state index is 12.6. The van der Waals surface area contributed by atoms with Gasteiger partial charge in [0.15, 0.2) is 6.26 Å². The third-order valence-corrected chi connectivity index (χ3v) is 3.89. The third-order valence-electron chi connectivity index (χ3n) is 3.89. The SMILES string of the molecule is O=C(O[C@@H](C(=O)O)[C@@H](OC(=O)c1ccccc1)C(=O)OC1=COCO1)c1ccccc1. The number of ether oxygens (including phenoxy) is 5. The first kappa shape index (κ1) is 21.4. The smallest absolute Gasteiger partial charge is 0.359 e. The van der Waals surface area contributed by atoms with Crippen LogP contribution in [0.4, 0.5) is 0 Å². The molecule has 0 aliphatic carbocycles. The number of benzene rings is 2. The molecule has 0 bridgehead atoms. The van der Waals surface area contributed by atoms with Crippen LogP contribution in [0.15, 0.2) is 72.9 Å². The maximum absolute atomic E-state index is 12.6. The van der Waals surface area contributed by atoms with Crippen molar-refractivity contribution in [2.75, 3.05) is 6.79 Å². The Morgan fingerprint density at radius 2 is 1.32 bits per heavy atom. The van der Waals surface area contributed by atoms with Crippen molar-refractivity contribution < 1.29 is 48.0 Å². The summed E-state index contributed by atoms with van der Waals surface area (Å²) in [4.78, 5) is 49.2. The van der Waals surface area contributed by atoms with Gasteiger partial charge in [-0.3, -0.25) is 0 Å². The molecule has 1 N–H and O–H groups in total. The minimum absolute atomic E-state index is 0.0329. The number of carbonyl (C=O) groups excluding carboxylic acids is 3. The van der Waals surface area contributed by atoms with Crippen LogP contribution in [0.5, 0.6) is 0 Å². The molecule has 10 nitrogen and oxygen atoms in total. The lowest BCUT2D eigenvalue weighted by Gasteiger charge is -2.22. The monoisotopic (exact) mass is 428 g/mol. The van der Waals surface area contributed by atoms with E-state index in [2.05, 4.69) is 0 Å². The summed E-state index contributed by atoms with van der Waals surface area (Å²) < 4.78 is 24.5. The van der Waals surface area contributed by atoms with Gasteiger partial charge in [0.2, 0.25) is 19.0 Å². The zero-order chi connectivity index (χ0) is 22.2. The molecule has 0 unspecified atom stereocenters. The molecule has 2 aromatic rings. The van der Waals surface area contributed by atoms with Gasteiger partial charge in [0.25, 0.3) is 0 Å². The van der Waals surface area contributed by atoms with E-state index in [4.69, 9.17) is 23.7 Å². The number of carboxylic acids is 1. The summed E-state index contributed by atoms with van der Waals surface area (Å²) in [6.07, 6.45) is -3.36. The second kappa shape index (κ2) is 9.92. The first-order valence-electron chi connectivity index (χ1n) is 8.87. The van der Waals surface area contributed by atoms with Crippen molar-refractivity contribution in [3.8, 4) is 0 Å². The number of carboxylic acid groups (broad SMARTS) is 1. The van der Waals surface area contributed by atoms with E-state index in [1.807, 2.05) is 0 Å². The molecule has 1 aliphatic heterocycles. The molecular weight excluding hydrogens is 412 g/mol. The normalized spacial score (nSPS) is 14.1. The van der Waals surface area contributed by atoms with Gasteiger partial charge in [-0.25, -0.2) is 19.2 Å². The van der Waals surface area contributed by atoms with Gasteiger partial charge < -0.3 is 28.8 Å². The molecule has 1 heterocycles. The molecule has 0 aromatic heterocycles. The predicted molar refractivity (Wildman–Crippen MR) is 100 cm³/mol. The van der Waals surface area contributed by atoms with E-state index in [1.165, 1.54) is 36.4 Å². The van der Waals surface area contributed by atoms with Gasteiger partial charge in [0, 0.05) is 0 Å². The molecule has 0 radical (unpaired) electrons. The number of esters is 3. The van der Waals surface area contributed by atoms with Crippen LogP contribution in [0.25, 0.3) is 0 Å². The number of hydrogen-bond acceptors (Lipinski definition) is 9. The summed E-state index contributed by atoms with van der Waals surface area (Å²) in [5, 5.41) is 9.59. The van der Waals surface area contributed by atoms with Crippen LogP contribution in [0.2, 0.25) is 0 Å². The summed E-state index contributed by atoms with van der Waals surface area (Å²) in [7, 11) is 0. The fraction of sp³-hybridized carbons (Fsp3) is 0.143. The van der Waals surface area contributed by atoms with Crippen LogP contribution < -0.4 is 0 Å². The third kappa shape index (κ3) is 5.60. The summed E-state index contributed by atoms with van der Waals surface area (Å²) >= 11 is 0. The zero-order valence-corrected chi connectivity index (χ0v) is 15.8. The van der Waals surface area contributed by atoms with Gasteiger partial charge >= 0.3 is 29.8 Å². The Morgan fingerprint density at radius 1 is 0.806 bits per heavy atom. The highest BCUT2D eigenvalue weighted by atomic mass is 16.8. The lowest BCUT2D eigenvalue weighted by Crippen LogP contribution is -2.46. The highest BCUT2D eigenvalue weighted by Crippen LogP contribution is 2.17. The second-order valence-corrected chi connectivity index (χ2v) is 6.01. The van der Waals surface area contributed by atoms with Crippen LogP contribution >= 0.6 is 0 Å². The molecular formula is C21H16O10. The number of carbonyl (C=O) groups is 4. The van der Waals surface area contributed by atoms with Crippen LogP contribution in [-0.2, 0) is 33.3 Å². The quantitative estimate of drug-likeness (QED) is 0.490. The highest BCUT2D eigenvalue weighted by molar-refractivity contribution is 5.95. The second-order valence-electron chi connectivity index (χ2n) is 6.01. The number of aliphatic carboxylic acids is 1. The molecule has 31 heavy (non-hydrogen) atoms. The zero-order valence-electron chi connectivity index (χ0n) is 15.8. The Bertz CT molecular complexity index is 984. The molecule has 2 aromatic carbocycles. The topological polar surface area (TPSA) is 135 Å². The van der Waals surface area contributed by atoms with Crippen LogP contribution in [0.1, 0.15) is 20.7 Å². The van der Waals surface area contributed by atoms with E-state index in [0.29, 0.717) is 0 Å². The van der Waals surface area contributed by atoms with E-state index in [9.17, 15) is 24.3 Å². The molecule has 0 spiro atoms. The van der Waals surface area contributed by atoms with E-state index in [-0.39, 0.29) is 23.9 Å². The summed E-state index contributed by atoms with van der Waals surface area (Å²) in [5.74, 6) is -5.51. The van der Waals surface area contributed by atoms with Crippen LogP contribution in [0.3, 0.4) is 0 Å². The van der Waals surface area contributed by atoms with Gasteiger partial charge in [0.05, 0.1) is 11.1 Å². The van der Waals surface area contributed by atoms with Crippen molar-refractivity contribution >= 4 is 23.9 Å². The van der Waals surface area contributed by atoms with E-state index in [0.717, 1.165) is 6.26 Å². The van der Waals surface area contributed by atoms with Gasteiger partial charge in [-0.2, -0.15) is 0 Å². The van der Waals surface area contributed by atoms with E-state index in [1.54, 1.807) is 24.3 Å². The minimum atomic E-state index is -2.20. The molecule has 1 aliphatic rings. The Kier molecular flexibility index (Phi) is 6.84. The first-order chi connectivity index (χ1) is 15.0. The van der Waals surface area contributed by atoms with Gasteiger partial charge in [0.1, 0.15) is 0 Å². The summed E-state index contributed by atoms with van der Waals surface area (Å²) in [6.45, 7) is -0.220. The van der Waals surface area contributed by atoms with Gasteiger partial charge in [-0.1, -0.05) is 36.4 Å². The van der Waals surface area contributed by atoms with Crippen LogP contribution in [0, 0.1) is 0 Å². The van der Waals surface area contributed by atoms with Crippen molar-refractivity contribution in [2.45, 2.75) is 12.2 Å². The summed E-state index contributed by atoms with van der Waals surface area (Å²) in [6, 6.07) is 15.0. The molecule has 2 atom stereocenters. The largest absolute Gasteiger partial charge is 0.478 e. The Labute approximate surface area is 175 Å². The van der Waals surface area contributed by atoms with E-state index >= 15 is 0 Å². The minimum Gasteiger partial charge on any atom is -0.478 e. The molecule has 0 saturated heterocycles. The molecule has 160 valence electrons. The fourth-order valence-corrected chi connectivity index (χ4v) is 2.43. The highest BCUT2D eigenvalue weighted by Gasteiger charge is 2.43. The molecule has 0 saturated carbocycles. The Morgan fingerprint density at radius 3 is 1.77 bits per heavy atom. The van der Waals surface area contributed by atoms with Crippen molar-refractivity contribution in [1.29, 1.82) is 0 Å². The predicted octanol–water partition coefficient (Wildman–Crippen LogP) is 1.87. The van der Waals surface area contributed by atoms with E-state index < -0.39 is 36.1 Å². The lowest BCUT2D eigenvalue weighted by molar-refractivity contribution is -0.171.